The minimum Gasteiger partial charge on any atom is -0.493 e. The monoisotopic (exact) mass is 434 g/mol. The van der Waals surface area contributed by atoms with E-state index in [0.29, 0.717) is 17.3 Å². The second kappa shape index (κ2) is 9.43. The van der Waals surface area contributed by atoms with Crippen LogP contribution in [0.4, 0.5) is 0 Å². The number of rotatable bonds is 6. The molecule has 0 amide bonds. The molecule has 1 aromatic carbocycles. The molecule has 0 saturated heterocycles. The van der Waals surface area contributed by atoms with Crippen LogP contribution >= 0.6 is 0 Å². The Morgan fingerprint density at radius 3 is 2.20 bits per heavy atom. The van der Waals surface area contributed by atoms with E-state index in [1.54, 1.807) is 14.2 Å². The maximum atomic E-state index is 13.7. The Kier molecular flexibility index (Phi) is 7.84. The first-order valence-electron chi connectivity index (χ1n) is 11.3. The number of hydrogen-bond acceptors (Lipinski definition) is 4. The minimum atomic E-state index is -1.95. The van der Waals surface area contributed by atoms with Crippen LogP contribution < -0.4 is 9.47 Å². The van der Waals surface area contributed by atoms with Gasteiger partial charge in [0.1, 0.15) is 5.78 Å². The van der Waals surface area contributed by atoms with Gasteiger partial charge in [-0.15, -0.1) is 0 Å². The number of Topliss-reactive ketones (excluding diaryl/α,β-unsaturated/α-hetero) is 1. The molecule has 0 N–H and O–H groups in total. The molecule has 0 spiro atoms. The van der Waals surface area contributed by atoms with Crippen molar-refractivity contribution in [2.45, 2.75) is 91.0 Å². The summed E-state index contributed by atoms with van der Waals surface area (Å²) in [5, 5.41) is 0.132. The van der Waals surface area contributed by atoms with E-state index in [9.17, 15) is 4.79 Å². The van der Waals surface area contributed by atoms with Gasteiger partial charge in [0.15, 0.2) is 19.8 Å². The van der Waals surface area contributed by atoms with Crippen LogP contribution in [0.25, 0.3) is 0 Å². The topological polar surface area (TPSA) is 44.8 Å². The van der Waals surface area contributed by atoms with Crippen LogP contribution in [-0.2, 0) is 15.6 Å². The van der Waals surface area contributed by atoms with E-state index in [-0.39, 0.29) is 17.1 Å². The Bertz CT molecular complexity index is 733. The molecule has 1 fully saturated rings. The van der Waals surface area contributed by atoms with E-state index < -0.39 is 13.7 Å². The van der Waals surface area contributed by atoms with E-state index in [1.165, 1.54) is 0 Å². The molecule has 2 rings (SSSR count). The molecule has 4 nitrogen and oxygen atoms in total. The third-order valence-corrected chi connectivity index (χ3v) is 11.7. The zero-order valence-electron chi connectivity index (χ0n) is 20.6. The molecule has 1 aliphatic carbocycles. The van der Waals surface area contributed by atoms with Crippen molar-refractivity contribution in [2.75, 3.05) is 14.2 Å². The van der Waals surface area contributed by atoms with Crippen molar-refractivity contribution in [3.05, 3.63) is 23.8 Å². The van der Waals surface area contributed by atoms with Gasteiger partial charge in [-0.1, -0.05) is 53.5 Å². The number of methoxy groups -OCH3 is 2. The van der Waals surface area contributed by atoms with Gasteiger partial charge < -0.3 is 13.9 Å². The first-order chi connectivity index (χ1) is 13.8. The van der Waals surface area contributed by atoms with Gasteiger partial charge in [-0.25, -0.2) is 0 Å². The van der Waals surface area contributed by atoms with Crippen molar-refractivity contribution in [1.29, 1.82) is 0 Å². The first-order valence-corrected chi connectivity index (χ1v) is 14.2. The summed E-state index contributed by atoms with van der Waals surface area (Å²) < 4.78 is 17.6. The third-order valence-electron chi connectivity index (χ3n) is 7.25. The Morgan fingerprint density at radius 1 is 1.03 bits per heavy atom. The molecule has 0 radical (unpaired) electrons. The lowest BCUT2D eigenvalue weighted by atomic mass is 9.70. The van der Waals surface area contributed by atoms with Crippen molar-refractivity contribution < 1.29 is 18.7 Å². The highest BCUT2D eigenvalue weighted by Gasteiger charge is 2.47. The van der Waals surface area contributed by atoms with E-state index >= 15 is 0 Å². The Labute approximate surface area is 184 Å². The summed E-state index contributed by atoms with van der Waals surface area (Å²) >= 11 is 0. The van der Waals surface area contributed by atoms with Crippen molar-refractivity contribution in [1.82, 2.24) is 0 Å². The van der Waals surface area contributed by atoms with E-state index in [2.05, 4.69) is 47.7 Å². The van der Waals surface area contributed by atoms with Crippen molar-refractivity contribution in [3.63, 3.8) is 0 Å². The SMILES string of the molecule is COc1ccc(C[C@H]2CCCC[C@H](O[Si](C)(C)C(C)(C)C)C(C)(C)C2=O)cc1OC. The van der Waals surface area contributed by atoms with Gasteiger partial charge in [0.2, 0.25) is 0 Å². The summed E-state index contributed by atoms with van der Waals surface area (Å²) in [7, 11) is 1.34. The van der Waals surface area contributed by atoms with Crippen molar-refractivity contribution >= 4 is 14.1 Å². The number of hydrogen-bond donors (Lipinski definition) is 0. The molecule has 170 valence electrons. The van der Waals surface area contributed by atoms with Crippen LogP contribution in [0.5, 0.6) is 11.5 Å². The fraction of sp³-hybridized carbons (Fsp3) is 0.720. The summed E-state index contributed by atoms with van der Waals surface area (Å²) in [6.07, 6.45) is 4.79. The van der Waals surface area contributed by atoms with Gasteiger partial charge in [-0.05, 0) is 55.1 Å². The molecule has 0 aliphatic heterocycles. The Hall–Kier alpha value is -1.33. The number of carbonyl (C=O) groups excluding carboxylic acids is 1. The molecule has 1 saturated carbocycles. The first kappa shape index (κ1) is 24.9. The van der Waals surface area contributed by atoms with Gasteiger partial charge >= 0.3 is 0 Å². The van der Waals surface area contributed by atoms with Gasteiger partial charge in [0.25, 0.3) is 0 Å². The van der Waals surface area contributed by atoms with E-state index in [1.807, 2.05) is 18.2 Å². The standard InChI is InChI=1S/C25H42O4Si/c1-24(2,3)30(8,9)29-22-13-11-10-12-19(23(26)25(22,4)5)16-18-14-15-20(27-6)21(17-18)28-7/h14-15,17,19,22H,10-13,16H2,1-9H3/t19-,22+/m1/s1. The van der Waals surface area contributed by atoms with Gasteiger partial charge in [0, 0.05) is 11.3 Å². The lowest BCUT2D eigenvalue weighted by Crippen LogP contribution is -2.51. The number of ether oxygens (including phenoxy) is 2. The predicted octanol–water partition coefficient (Wildman–Crippen LogP) is 6.42. The zero-order valence-corrected chi connectivity index (χ0v) is 21.6. The second-order valence-electron chi connectivity index (χ2n) is 10.8. The zero-order chi connectivity index (χ0) is 22.7. The third kappa shape index (κ3) is 5.47. The number of benzene rings is 1. The number of ketones is 1. The molecular weight excluding hydrogens is 392 g/mol. The maximum absolute atomic E-state index is 13.7. The second-order valence-corrected chi connectivity index (χ2v) is 15.6. The maximum Gasteiger partial charge on any atom is 0.192 e. The highest BCUT2D eigenvalue weighted by Crippen LogP contribution is 2.43. The minimum absolute atomic E-state index is 0.00363. The summed E-state index contributed by atoms with van der Waals surface area (Å²) in [5.41, 5.74) is 0.626. The fourth-order valence-electron chi connectivity index (χ4n) is 4.12. The molecule has 5 heteroatoms. The fourth-order valence-corrected chi connectivity index (χ4v) is 5.60. The molecule has 1 aliphatic rings. The Balaban J connectivity index is 2.25. The van der Waals surface area contributed by atoms with Crippen molar-refractivity contribution in [3.8, 4) is 11.5 Å². The largest absolute Gasteiger partial charge is 0.493 e. The molecule has 0 bridgehead atoms. The van der Waals surface area contributed by atoms with E-state index in [4.69, 9.17) is 13.9 Å². The van der Waals surface area contributed by atoms with Crippen LogP contribution in [-0.4, -0.2) is 34.4 Å². The average Bonchev–Trinajstić information content (AvgIpc) is 2.66. The quantitative estimate of drug-likeness (QED) is 0.484. The molecular formula is C25H42O4Si. The predicted molar refractivity (Wildman–Crippen MR) is 126 cm³/mol. The highest BCUT2D eigenvalue weighted by molar-refractivity contribution is 6.74. The molecule has 0 aromatic heterocycles. The summed E-state index contributed by atoms with van der Waals surface area (Å²) in [4.78, 5) is 13.7. The number of carbonyl (C=O) groups is 1. The molecule has 30 heavy (non-hydrogen) atoms. The summed E-state index contributed by atoms with van der Waals surface area (Å²) in [6, 6.07) is 5.97. The molecule has 1 aromatic rings. The lowest BCUT2D eigenvalue weighted by molar-refractivity contribution is -0.138. The van der Waals surface area contributed by atoms with Crippen LogP contribution in [0.3, 0.4) is 0 Å². The van der Waals surface area contributed by atoms with Crippen LogP contribution in [0.1, 0.15) is 65.9 Å². The summed E-state index contributed by atoms with van der Waals surface area (Å²) in [5.74, 6) is 1.77. The molecule has 0 unspecified atom stereocenters. The smallest absolute Gasteiger partial charge is 0.192 e. The summed E-state index contributed by atoms with van der Waals surface area (Å²) in [6.45, 7) is 15.5. The average molecular weight is 435 g/mol. The van der Waals surface area contributed by atoms with Gasteiger partial charge in [0.05, 0.1) is 20.3 Å². The van der Waals surface area contributed by atoms with Crippen LogP contribution in [0.15, 0.2) is 18.2 Å². The van der Waals surface area contributed by atoms with Gasteiger partial charge in [-0.2, -0.15) is 0 Å². The van der Waals surface area contributed by atoms with Crippen molar-refractivity contribution in [2.24, 2.45) is 11.3 Å². The van der Waals surface area contributed by atoms with Crippen LogP contribution in [0.2, 0.25) is 18.1 Å². The lowest BCUT2D eigenvalue weighted by Gasteiger charge is -2.45. The molecule has 2 atom stereocenters. The van der Waals surface area contributed by atoms with Crippen LogP contribution in [0, 0.1) is 11.3 Å². The van der Waals surface area contributed by atoms with E-state index in [0.717, 1.165) is 37.7 Å². The molecule has 0 heterocycles. The normalized spacial score (nSPS) is 22.9. The Morgan fingerprint density at radius 2 is 1.63 bits per heavy atom. The van der Waals surface area contributed by atoms with Gasteiger partial charge in [-0.3, -0.25) is 4.79 Å². The highest BCUT2D eigenvalue weighted by atomic mass is 28.4.